The second kappa shape index (κ2) is 6.13. The summed E-state index contributed by atoms with van der Waals surface area (Å²) < 4.78 is 48.0. The van der Waals surface area contributed by atoms with Gasteiger partial charge in [-0.3, -0.25) is 0 Å². The van der Waals surface area contributed by atoms with E-state index in [1.807, 2.05) is 13.0 Å². The normalized spacial score (nSPS) is 19.5. The number of alkyl halides is 3. The first-order valence-corrected chi connectivity index (χ1v) is 8.65. The molecule has 1 aromatic heterocycles. The van der Waals surface area contributed by atoms with Crippen molar-refractivity contribution in [1.29, 1.82) is 0 Å². The zero-order valence-corrected chi connectivity index (χ0v) is 14.7. The molecule has 1 unspecified atom stereocenters. The summed E-state index contributed by atoms with van der Waals surface area (Å²) in [6.07, 6.45) is -0.686. The number of hydrogen-bond donors (Lipinski definition) is 0. The van der Waals surface area contributed by atoms with Gasteiger partial charge < -0.3 is 9.30 Å². The van der Waals surface area contributed by atoms with E-state index in [1.54, 1.807) is 6.07 Å². The number of aryl methyl sites for hydroxylation is 2. The average Bonchev–Trinajstić information content (AvgIpc) is 2.85. The van der Waals surface area contributed by atoms with E-state index in [-0.39, 0.29) is 16.3 Å². The number of halogens is 4. The van der Waals surface area contributed by atoms with Gasteiger partial charge in [0.25, 0.3) is 0 Å². The van der Waals surface area contributed by atoms with Gasteiger partial charge in [0.2, 0.25) is 0 Å². The average molecular weight is 390 g/mol. The van der Waals surface area contributed by atoms with Crippen molar-refractivity contribution >= 4 is 26.8 Å². The molecule has 3 rings (SSSR count). The van der Waals surface area contributed by atoms with Crippen molar-refractivity contribution in [2.45, 2.75) is 51.9 Å². The van der Waals surface area contributed by atoms with E-state index in [9.17, 15) is 13.2 Å². The highest BCUT2D eigenvalue weighted by Gasteiger charge is 2.36. The molecule has 0 spiro atoms. The predicted octanol–water partition coefficient (Wildman–Crippen LogP) is 5.99. The third-order valence-corrected chi connectivity index (χ3v) is 5.27. The topological polar surface area (TPSA) is 14.2 Å². The van der Waals surface area contributed by atoms with E-state index in [2.05, 4.69) is 20.5 Å². The maximum atomic E-state index is 13.3. The summed E-state index contributed by atoms with van der Waals surface area (Å²) in [4.78, 5) is 0. The first-order chi connectivity index (χ1) is 10.8. The van der Waals surface area contributed by atoms with Gasteiger partial charge in [0, 0.05) is 22.2 Å². The second-order valence-electron chi connectivity index (χ2n) is 5.99. The number of fused-ring (bicyclic) bond motifs is 1. The lowest BCUT2D eigenvalue weighted by Gasteiger charge is -2.27. The molecule has 1 aromatic carbocycles. The summed E-state index contributed by atoms with van der Waals surface area (Å²) in [5.41, 5.74) is 1.46. The summed E-state index contributed by atoms with van der Waals surface area (Å²) in [5, 5.41) is 0.606. The lowest BCUT2D eigenvalue weighted by Crippen LogP contribution is -2.19. The molecule has 0 radical (unpaired) electrons. The minimum absolute atomic E-state index is 0.0840. The summed E-state index contributed by atoms with van der Waals surface area (Å²) in [5.74, 6) is 0. The molecular formula is C17H19BrF3NO. The maximum absolute atomic E-state index is 13.3. The van der Waals surface area contributed by atoms with Crippen molar-refractivity contribution in [1.82, 2.24) is 4.57 Å². The summed E-state index contributed by atoms with van der Waals surface area (Å²) in [7, 11) is 0. The molecule has 1 saturated heterocycles. The summed E-state index contributed by atoms with van der Waals surface area (Å²) >= 11 is 3.20. The fourth-order valence-electron chi connectivity index (χ4n) is 3.39. The Morgan fingerprint density at radius 1 is 1.30 bits per heavy atom. The number of hydrogen-bond acceptors (Lipinski definition) is 1. The van der Waals surface area contributed by atoms with Crippen LogP contribution in [0.15, 0.2) is 16.6 Å². The van der Waals surface area contributed by atoms with Crippen LogP contribution in [0.1, 0.15) is 49.2 Å². The molecule has 0 N–H and O–H groups in total. The Kier molecular flexibility index (Phi) is 4.49. The fraction of sp³-hybridized carbons (Fsp3) is 0.529. The van der Waals surface area contributed by atoms with Gasteiger partial charge in [0.05, 0.1) is 11.1 Å². The van der Waals surface area contributed by atoms with Crippen LogP contribution in [0.25, 0.3) is 10.9 Å². The second-order valence-corrected chi connectivity index (χ2v) is 6.79. The van der Waals surface area contributed by atoms with Gasteiger partial charge in [0.1, 0.15) is 6.23 Å². The molecule has 126 valence electrons. The quantitative estimate of drug-likeness (QED) is 0.614. The first-order valence-electron chi connectivity index (χ1n) is 7.86. The number of benzene rings is 1. The Hall–Kier alpha value is -1.01. The zero-order chi connectivity index (χ0) is 16.8. The zero-order valence-electron chi connectivity index (χ0n) is 13.1. The van der Waals surface area contributed by atoms with Gasteiger partial charge in [-0.15, -0.1) is 0 Å². The highest BCUT2D eigenvalue weighted by molar-refractivity contribution is 9.10. The molecule has 1 aliphatic rings. The van der Waals surface area contributed by atoms with Gasteiger partial charge in [-0.05, 0) is 66.2 Å². The van der Waals surface area contributed by atoms with Crippen molar-refractivity contribution in [3.8, 4) is 0 Å². The molecule has 23 heavy (non-hydrogen) atoms. The molecule has 0 aliphatic carbocycles. The SMILES string of the molecule is CCc1cc2c(Br)c(C(F)(F)F)c(C)cc2n1C1CCCCO1. The Morgan fingerprint density at radius 3 is 2.61 bits per heavy atom. The van der Waals surface area contributed by atoms with Crippen molar-refractivity contribution in [3.63, 3.8) is 0 Å². The highest BCUT2D eigenvalue weighted by Crippen LogP contribution is 2.43. The molecule has 1 atom stereocenters. The van der Waals surface area contributed by atoms with Crippen LogP contribution >= 0.6 is 15.9 Å². The van der Waals surface area contributed by atoms with E-state index in [1.165, 1.54) is 6.92 Å². The van der Waals surface area contributed by atoms with Gasteiger partial charge in [-0.2, -0.15) is 13.2 Å². The number of nitrogens with zero attached hydrogens (tertiary/aromatic N) is 1. The molecule has 0 amide bonds. The van der Waals surface area contributed by atoms with Crippen LogP contribution in [0.5, 0.6) is 0 Å². The third kappa shape index (κ3) is 2.91. The fourth-order valence-corrected chi connectivity index (χ4v) is 4.25. The van der Waals surface area contributed by atoms with Crippen LogP contribution < -0.4 is 0 Å². The van der Waals surface area contributed by atoms with E-state index < -0.39 is 11.7 Å². The monoisotopic (exact) mass is 389 g/mol. The third-order valence-electron chi connectivity index (χ3n) is 4.45. The molecule has 1 aliphatic heterocycles. The van der Waals surface area contributed by atoms with Crippen molar-refractivity contribution in [2.24, 2.45) is 0 Å². The van der Waals surface area contributed by atoms with Crippen molar-refractivity contribution < 1.29 is 17.9 Å². The summed E-state index contributed by atoms with van der Waals surface area (Å²) in [6.45, 7) is 4.23. The number of rotatable bonds is 2. The minimum atomic E-state index is -4.37. The first kappa shape index (κ1) is 16.8. The Bertz CT molecular complexity index is 730. The van der Waals surface area contributed by atoms with Gasteiger partial charge >= 0.3 is 6.18 Å². The van der Waals surface area contributed by atoms with Crippen LogP contribution in [0.2, 0.25) is 0 Å². The molecule has 2 heterocycles. The van der Waals surface area contributed by atoms with E-state index in [0.29, 0.717) is 12.0 Å². The number of ether oxygens (including phenoxy) is 1. The van der Waals surface area contributed by atoms with E-state index >= 15 is 0 Å². The standard InChI is InChI=1S/C17H19BrF3NO/c1-3-11-9-12-13(22(11)14-6-4-5-7-23-14)8-10(2)15(16(12)18)17(19,20)21/h8-9,14H,3-7H2,1-2H3. The molecule has 2 nitrogen and oxygen atoms in total. The van der Waals surface area contributed by atoms with Crippen molar-refractivity contribution in [3.05, 3.63) is 33.4 Å². The van der Waals surface area contributed by atoms with Gasteiger partial charge in [0.15, 0.2) is 0 Å². The maximum Gasteiger partial charge on any atom is 0.417 e. The molecule has 2 aromatic rings. The minimum Gasteiger partial charge on any atom is -0.358 e. The number of aromatic nitrogens is 1. The molecule has 6 heteroatoms. The lowest BCUT2D eigenvalue weighted by atomic mass is 10.1. The van der Waals surface area contributed by atoms with Crippen LogP contribution in [-0.2, 0) is 17.3 Å². The lowest BCUT2D eigenvalue weighted by molar-refractivity contribution is -0.138. The largest absolute Gasteiger partial charge is 0.417 e. The van der Waals surface area contributed by atoms with E-state index in [0.717, 1.165) is 36.9 Å². The highest BCUT2D eigenvalue weighted by atomic mass is 79.9. The molecular weight excluding hydrogens is 371 g/mol. The van der Waals surface area contributed by atoms with E-state index in [4.69, 9.17) is 4.74 Å². The smallest absolute Gasteiger partial charge is 0.358 e. The van der Waals surface area contributed by atoms with Crippen LogP contribution in [0.3, 0.4) is 0 Å². The Balaban J connectivity index is 2.25. The van der Waals surface area contributed by atoms with Crippen LogP contribution in [-0.4, -0.2) is 11.2 Å². The molecule has 0 bridgehead atoms. The predicted molar refractivity (Wildman–Crippen MR) is 87.6 cm³/mol. The van der Waals surface area contributed by atoms with Crippen LogP contribution in [0, 0.1) is 6.92 Å². The Labute approximate surface area is 141 Å². The van der Waals surface area contributed by atoms with Crippen molar-refractivity contribution in [2.75, 3.05) is 6.61 Å². The van der Waals surface area contributed by atoms with Crippen LogP contribution in [0.4, 0.5) is 13.2 Å². The molecule has 0 saturated carbocycles. The Morgan fingerprint density at radius 2 is 2.04 bits per heavy atom. The summed E-state index contributed by atoms with van der Waals surface area (Å²) in [6, 6.07) is 3.49. The molecule has 1 fully saturated rings. The van der Waals surface area contributed by atoms with Gasteiger partial charge in [-0.1, -0.05) is 6.92 Å². The van der Waals surface area contributed by atoms with Gasteiger partial charge in [-0.25, -0.2) is 0 Å².